The molecule has 1 aromatic heterocycles. The summed E-state index contributed by atoms with van der Waals surface area (Å²) in [6.07, 6.45) is 4.57. The summed E-state index contributed by atoms with van der Waals surface area (Å²) in [7, 11) is 1.63. The highest BCUT2D eigenvalue weighted by Gasteiger charge is 2.40. The molecule has 3 rings (SSSR count). The zero-order valence-electron chi connectivity index (χ0n) is 18.0. The van der Waals surface area contributed by atoms with Crippen molar-refractivity contribution in [2.75, 3.05) is 13.7 Å². The minimum absolute atomic E-state index is 0.0389. The summed E-state index contributed by atoms with van der Waals surface area (Å²) in [5.74, 6) is 0.527. The van der Waals surface area contributed by atoms with E-state index in [1.165, 1.54) is 0 Å². The molecule has 0 radical (unpaired) electrons. The van der Waals surface area contributed by atoms with E-state index in [1.807, 2.05) is 54.3 Å². The summed E-state index contributed by atoms with van der Waals surface area (Å²) in [6, 6.07) is 12.9. The lowest BCUT2D eigenvalue weighted by molar-refractivity contribution is -0.143. The largest absolute Gasteiger partial charge is 0.497 e. The van der Waals surface area contributed by atoms with Gasteiger partial charge >= 0.3 is 0 Å². The maximum absolute atomic E-state index is 13.3. The fourth-order valence-corrected chi connectivity index (χ4v) is 4.06. The first-order chi connectivity index (χ1) is 14.5. The molecule has 2 amide bonds. The number of nitrogens with one attached hydrogen (secondary N) is 1. The average Bonchev–Trinajstić information content (AvgIpc) is 2.78. The lowest BCUT2D eigenvalue weighted by atomic mass is 9.83. The van der Waals surface area contributed by atoms with Gasteiger partial charge in [0.25, 0.3) is 0 Å². The molecule has 1 fully saturated rings. The Bertz CT molecular complexity index is 839. The van der Waals surface area contributed by atoms with Crippen molar-refractivity contribution < 1.29 is 14.3 Å². The predicted octanol–water partition coefficient (Wildman–Crippen LogP) is 4.05. The fourth-order valence-electron chi connectivity index (χ4n) is 4.06. The molecular formula is C24H31N3O3. The highest BCUT2D eigenvalue weighted by Crippen LogP contribution is 2.38. The Balaban J connectivity index is 1.86. The summed E-state index contributed by atoms with van der Waals surface area (Å²) >= 11 is 0. The number of nitrogens with zero attached hydrogens (tertiary/aromatic N) is 2. The first-order valence-corrected chi connectivity index (χ1v) is 10.7. The minimum Gasteiger partial charge on any atom is -0.497 e. The number of unbranched alkanes of at least 4 members (excludes halogenated alkanes) is 1. The summed E-state index contributed by atoms with van der Waals surface area (Å²) in [5.41, 5.74) is 1.78. The molecule has 6 nitrogen and oxygen atoms in total. The Morgan fingerprint density at radius 3 is 2.67 bits per heavy atom. The average molecular weight is 410 g/mol. The molecule has 1 aliphatic heterocycles. The number of hydrogen-bond donors (Lipinski definition) is 1. The van der Waals surface area contributed by atoms with Gasteiger partial charge in [-0.1, -0.05) is 31.5 Å². The van der Waals surface area contributed by atoms with Gasteiger partial charge in [0, 0.05) is 19.2 Å². The Morgan fingerprint density at radius 1 is 1.27 bits per heavy atom. The zero-order chi connectivity index (χ0) is 21.5. The van der Waals surface area contributed by atoms with Crippen LogP contribution in [0.1, 0.15) is 62.9 Å². The normalized spacial score (nSPS) is 20.0. The second kappa shape index (κ2) is 10.2. The quantitative estimate of drug-likeness (QED) is 0.714. The van der Waals surface area contributed by atoms with E-state index >= 15 is 0 Å². The van der Waals surface area contributed by atoms with Crippen LogP contribution in [-0.4, -0.2) is 35.4 Å². The topological polar surface area (TPSA) is 71.5 Å². The first kappa shape index (κ1) is 21.8. The summed E-state index contributed by atoms with van der Waals surface area (Å²) < 4.78 is 5.28. The Kier molecular flexibility index (Phi) is 7.44. The maximum atomic E-state index is 13.3. The van der Waals surface area contributed by atoms with Crippen molar-refractivity contribution in [1.29, 1.82) is 0 Å². The highest BCUT2D eigenvalue weighted by atomic mass is 16.5. The summed E-state index contributed by atoms with van der Waals surface area (Å²) in [4.78, 5) is 32.3. The third-order valence-corrected chi connectivity index (χ3v) is 5.74. The van der Waals surface area contributed by atoms with Crippen LogP contribution in [0.15, 0.2) is 48.7 Å². The molecule has 1 saturated heterocycles. The molecule has 0 spiro atoms. The third kappa shape index (κ3) is 4.99. The molecule has 1 aromatic carbocycles. The molecule has 0 saturated carbocycles. The highest BCUT2D eigenvalue weighted by molar-refractivity contribution is 5.85. The van der Waals surface area contributed by atoms with E-state index in [9.17, 15) is 9.59 Å². The van der Waals surface area contributed by atoms with Crippen molar-refractivity contribution in [3.63, 3.8) is 0 Å². The van der Waals surface area contributed by atoms with Crippen LogP contribution in [0.4, 0.5) is 0 Å². The van der Waals surface area contributed by atoms with E-state index in [2.05, 4.69) is 17.2 Å². The van der Waals surface area contributed by atoms with Gasteiger partial charge in [-0.05, 0) is 49.6 Å². The number of methoxy groups -OCH3 is 1. The van der Waals surface area contributed by atoms with Crippen molar-refractivity contribution in [3.05, 3.63) is 59.9 Å². The lowest BCUT2D eigenvalue weighted by Crippen LogP contribution is -2.48. The third-order valence-electron chi connectivity index (χ3n) is 5.74. The van der Waals surface area contributed by atoms with Crippen LogP contribution in [-0.2, 0) is 9.59 Å². The molecule has 0 unspecified atom stereocenters. The van der Waals surface area contributed by atoms with Crippen LogP contribution >= 0.6 is 0 Å². The number of piperidine rings is 1. The van der Waals surface area contributed by atoms with Gasteiger partial charge in [0.15, 0.2) is 0 Å². The molecule has 1 aliphatic rings. The van der Waals surface area contributed by atoms with Gasteiger partial charge in [-0.2, -0.15) is 0 Å². The number of rotatable bonds is 8. The minimum atomic E-state index is -0.306. The Hall–Kier alpha value is -2.89. The number of carbonyl (C=O) groups excluding carboxylic acids is 2. The lowest BCUT2D eigenvalue weighted by Gasteiger charge is -2.41. The van der Waals surface area contributed by atoms with Crippen LogP contribution in [0.5, 0.6) is 5.75 Å². The molecule has 2 aromatic rings. The molecule has 3 atom stereocenters. The van der Waals surface area contributed by atoms with E-state index in [0.29, 0.717) is 19.4 Å². The van der Waals surface area contributed by atoms with Gasteiger partial charge in [-0.15, -0.1) is 0 Å². The van der Waals surface area contributed by atoms with E-state index in [4.69, 9.17) is 4.74 Å². The number of carbonyl (C=O) groups is 2. The second-order valence-corrected chi connectivity index (χ2v) is 7.79. The van der Waals surface area contributed by atoms with Gasteiger partial charge in [0.1, 0.15) is 5.75 Å². The fraction of sp³-hybridized carbons (Fsp3) is 0.458. The van der Waals surface area contributed by atoms with E-state index in [-0.39, 0.29) is 29.8 Å². The van der Waals surface area contributed by atoms with Crippen LogP contribution in [0.25, 0.3) is 0 Å². The summed E-state index contributed by atoms with van der Waals surface area (Å²) in [6.45, 7) is 4.70. The first-order valence-electron chi connectivity index (χ1n) is 10.7. The number of ether oxygens (including phenoxy) is 1. The molecule has 6 heteroatoms. The van der Waals surface area contributed by atoms with Gasteiger partial charge in [-0.3, -0.25) is 14.6 Å². The molecule has 160 valence electrons. The second-order valence-electron chi connectivity index (χ2n) is 7.79. The number of aromatic nitrogens is 1. The van der Waals surface area contributed by atoms with Crippen LogP contribution in [0.2, 0.25) is 0 Å². The molecular weight excluding hydrogens is 378 g/mol. The van der Waals surface area contributed by atoms with Crippen molar-refractivity contribution in [2.45, 2.75) is 51.6 Å². The van der Waals surface area contributed by atoms with E-state index < -0.39 is 0 Å². The van der Waals surface area contributed by atoms with Crippen molar-refractivity contribution in [3.8, 4) is 5.75 Å². The molecule has 2 heterocycles. The van der Waals surface area contributed by atoms with Crippen molar-refractivity contribution >= 4 is 11.8 Å². The molecule has 0 aliphatic carbocycles. The molecule has 30 heavy (non-hydrogen) atoms. The molecule has 0 bridgehead atoms. The number of hydrogen-bond acceptors (Lipinski definition) is 4. The smallest absolute Gasteiger partial charge is 0.226 e. The Labute approximate surface area is 178 Å². The predicted molar refractivity (Wildman–Crippen MR) is 116 cm³/mol. The SMILES string of the molecule is CCCCN1C(=O)CC[C@H](C(=O)N[C@H](C)c2ccccn2)[C@@H]1c1ccc(OC)cc1. The van der Waals surface area contributed by atoms with E-state index in [1.54, 1.807) is 13.3 Å². The number of benzene rings is 1. The van der Waals surface area contributed by atoms with Crippen molar-refractivity contribution in [2.24, 2.45) is 5.92 Å². The van der Waals surface area contributed by atoms with Gasteiger partial charge < -0.3 is 15.0 Å². The maximum Gasteiger partial charge on any atom is 0.226 e. The number of amides is 2. The van der Waals surface area contributed by atoms with Crippen LogP contribution in [0, 0.1) is 5.92 Å². The number of likely N-dealkylation sites (tertiary alicyclic amines) is 1. The van der Waals surface area contributed by atoms with Crippen molar-refractivity contribution in [1.82, 2.24) is 15.2 Å². The van der Waals surface area contributed by atoms with Gasteiger partial charge in [0.05, 0.1) is 30.8 Å². The van der Waals surface area contributed by atoms with E-state index in [0.717, 1.165) is 29.8 Å². The van der Waals surface area contributed by atoms with Crippen LogP contribution in [0.3, 0.4) is 0 Å². The zero-order valence-corrected chi connectivity index (χ0v) is 18.0. The van der Waals surface area contributed by atoms with Gasteiger partial charge in [0.2, 0.25) is 11.8 Å². The standard InChI is InChI=1S/C24H31N3O3/c1-4-5-16-27-22(28)14-13-20(23(27)18-9-11-19(30-3)12-10-18)24(29)26-17(2)21-8-6-7-15-25-21/h6-12,15,17,20,23H,4-5,13-14,16H2,1-3H3,(H,26,29)/t17-,20+,23+/m1/s1. The summed E-state index contributed by atoms with van der Waals surface area (Å²) in [5, 5.41) is 3.12. The monoisotopic (exact) mass is 409 g/mol. The number of pyridine rings is 1. The molecule has 1 N–H and O–H groups in total. The van der Waals surface area contributed by atoms with Gasteiger partial charge in [-0.25, -0.2) is 0 Å². The Morgan fingerprint density at radius 2 is 2.03 bits per heavy atom. The van der Waals surface area contributed by atoms with Crippen LogP contribution < -0.4 is 10.1 Å².